The summed E-state index contributed by atoms with van der Waals surface area (Å²) >= 11 is 6.96. The molecule has 1 heterocycles. The molecule has 0 spiro atoms. The Hall–Kier alpha value is -1.13. The van der Waals surface area contributed by atoms with Gasteiger partial charge in [-0.25, -0.2) is 14.4 Å². The van der Waals surface area contributed by atoms with E-state index in [1.54, 1.807) is 0 Å². The number of hydrogen-bond acceptors (Lipinski definition) is 3. The molecule has 0 atom stereocenters. The number of rotatable bonds is 2. The van der Waals surface area contributed by atoms with Gasteiger partial charge in [-0.3, -0.25) is 0 Å². The summed E-state index contributed by atoms with van der Waals surface area (Å²) in [6.07, 6.45) is 4.56. The maximum Gasteiger partial charge on any atom is 0.223 e. The van der Waals surface area contributed by atoms with Crippen molar-refractivity contribution >= 4 is 23.4 Å². The lowest BCUT2D eigenvalue weighted by atomic mass is 10.1. The predicted octanol–water partition coefficient (Wildman–Crippen LogP) is 3.91. The van der Waals surface area contributed by atoms with Crippen molar-refractivity contribution in [3.8, 4) is 0 Å². The van der Waals surface area contributed by atoms with Crippen molar-refractivity contribution in [2.24, 2.45) is 0 Å². The van der Waals surface area contributed by atoms with Gasteiger partial charge in [-0.1, -0.05) is 17.8 Å². The van der Waals surface area contributed by atoms with Crippen molar-refractivity contribution in [1.29, 1.82) is 0 Å². The molecule has 0 N–H and O–H groups in total. The molecule has 1 aliphatic carbocycles. The third kappa shape index (κ3) is 2.35. The Morgan fingerprint density at radius 3 is 2.94 bits per heavy atom. The third-order valence-corrected chi connectivity index (χ3v) is 4.12. The van der Waals surface area contributed by atoms with Crippen LogP contribution < -0.4 is 0 Å². The van der Waals surface area contributed by atoms with Gasteiger partial charge < -0.3 is 0 Å². The molecule has 18 heavy (non-hydrogen) atoms. The van der Waals surface area contributed by atoms with Crippen LogP contribution in [0, 0.1) is 5.82 Å². The molecule has 92 valence electrons. The van der Waals surface area contributed by atoms with E-state index in [9.17, 15) is 4.39 Å². The predicted molar refractivity (Wildman–Crippen MR) is 69.6 cm³/mol. The summed E-state index contributed by atoms with van der Waals surface area (Å²) < 4.78 is 13.5. The lowest BCUT2D eigenvalue weighted by molar-refractivity contribution is 0.579. The molecule has 0 unspecified atom stereocenters. The molecule has 1 aromatic heterocycles. The van der Waals surface area contributed by atoms with Crippen LogP contribution in [0.4, 0.5) is 4.39 Å². The minimum atomic E-state index is -0.440. The van der Waals surface area contributed by atoms with E-state index >= 15 is 0 Å². The second-order valence-corrected chi connectivity index (χ2v) is 5.58. The van der Waals surface area contributed by atoms with Crippen molar-refractivity contribution in [2.45, 2.75) is 29.2 Å². The molecule has 0 saturated heterocycles. The van der Waals surface area contributed by atoms with Gasteiger partial charge in [-0.15, -0.1) is 0 Å². The van der Waals surface area contributed by atoms with Crippen molar-refractivity contribution in [1.82, 2.24) is 9.97 Å². The molecule has 5 heteroatoms. The number of benzene rings is 1. The van der Waals surface area contributed by atoms with Gasteiger partial charge in [0.05, 0.1) is 6.20 Å². The minimum absolute atomic E-state index is 0.0695. The van der Waals surface area contributed by atoms with Gasteiger partial charge in [-0.2, -0.15) is 0 Å². The van der Waals surface area contributed by atoms with E-state index in [0.717, 1.165) is 23.9 Å². The molecule has 2 aromatic rings. The molecule has 2 nitrogen and oxygen atoms in total. The first-order valence-corrected chi connectivity index (χ1v) is 6.89. The summed E-state index contributed by atoms with van der Waals surface area (Å²) in [5.74, 6) is -0.440. The highest BCUT2D eigenvalue weighted by Crippen LogP contribution is 2.32. The van der Waals surface area contributed by atoms with Gasteiger partial charge in [0.2, 0.25) is 5.28 Å². The molecule has 0 fully saturated rings. The van der Waals surface area contributed by atoms with Gasteiger partial charge in [-0.05, 0) is 54.1 Å². The molecule has 3 rings (SSSR count). The summed E-state index contributed by atoms with van der Waals surface area (Å²) in [6, 6.07) is 6.23. The Kier molecular flexibility index (Phi) is 3.22. The van der Waals surface area contributed by atoms with E-state index in [2.05, 4.69) is 22.1 Å². The molecule has 1 aromatic carbocycles. The van der Waals surface area contributed by atoms with Crippen molar-refractivity contribution < 1.29 is 4.39 Å². The highest BCUT2D eigenvalue weighted by Gasteiger charge is 2.13. The van der Waals surface area contributed by atoms with Gasteiger partial charge in [0.25, 0.3) is 0 Å². The number of nitrogens with zero attached hydrogens (tertiary/aromatic N) is 2. The molecule has 0 amide bonds. The average Bonchev–Trinajstić information content (AvgIpc) is 2.81. The summed E-state index contributed by atoms with van der Waals surface area (Å²) in [4.78, 5) is 8.50. The topological polar surface area (TPSA) is 25.8 Å². The van der Waals surface area contributed by atoms with Gasteiger partial charge in [0, 0.05) is 4.90 Å². The Bertz CT molecular complexity index is 604. The van der Waals surface area contributed by atoms with Crippen LogP contribution >= 0.6 is 23.4 Å². The third-order valence-electron chi connectivity index (χ3n) is 2.97. The van der Waals surface area contributed by atoms with E-state index < -0.39 is 5.82 Å². The van der Waals surface area contributed by atoms with Crippen molar-refractivity contribution in [3.63, 3.8) is 0 Å². The summed E-state index contributed by atoms with van der Waals surface area (Å²) in [5, 5.41) is 0.341. The summed E-state index contributed by atoms with van der Waals surface area (Å²) in [7, 11) is 0. The molecule has 1 aliphatic rings. The van der Waals surface area contributed by atoms with Crippen LogP contribution in [-0.2, 0) is 12.8 Å². The monoisotopic (exact) mass is 280 g/mol. The lowest BCUT2D eigenvalue weighted by Gasteiger charge is -2.05. The largest absolute Gasteiger partial charge is 0.223 e. The molecule has 0 radical (unpaired) electrons. The Morgan fingerprint density at radius 1 is 1.22 bits per heavy atom. The first kappa shape index (κ1) is 11.9. The van der Waals surface area contributed by atoms with Crippen LogP contribution in [0.15, 0.2) is 34.3 Å². The van der Waals surface area contributed by atoms with Crippen LogP contribution in [0.2, 0.25) is 5.28 Å². The quantitative estimate of drug-likeness (QED) is 0.616. The highest BCUT2D eigenvalue weighted by molar-refractivity contribution is 7.99. The standard InChI is InChI=1S/C13H10ClFN2S/c14-13-16-7-11(15)12(17-13)18-10-5-4-8-2-1-3-9(8)6-10/h4-7H,1-3H2. The summed E-state index contributed by atoms with van der Waals surface area (Å²) in [6.45, 7) is 0. The lowest BCUT2D eigenvalue weighted by Crippen LogP contribution is -1.91. The fourth-order valence-corrected chi connectivity index (χ4v) is 3.15. The minimum Gasteiger partial charge on any atom is -0.223 e. The Balaban J connectivity index is 1.90. The van der Waals surface area contributed by atoms with E-state index in [0.29, 0.717) is 0 Å². The van der Waals surface area contributed by atoms with Gasteiger partial charge in [0.15, 0.2) is 5.82 Å². The fourth-order valence-electron chi connectivity index (χ4n) is 2.13. The SMILES string of the molecule is Fc1cnc(Cl)nc1Sc1ccc2c(c1)CCC2. The van der Waals surface area contributed by atoms with Crippen molar-refractivity contribution in [2.75, 3.05) is 0 Å². The van der Waals surface area contributed by atoms with E-state index in [4.69, 9.17) is 11.6 Å². The fraction of sp³-hybridized carbons (Fsp3) is 0.231. The van der Waals surface area contributed by atoms with Crippen LogP contribution in [0.5, 0.6) is 0 Å². The van der Waals surface area contributed by atoms with E-state index in [1.807, 2.05) is 6.07 Å². The van der Waals surface area contributed by atoms with Crippen LogP contribution in [0.3, 0.4) is 0 Å². The second kappa shape index (κ2) is 4.86. The zero-order valence-electron chi connectivity index (χ0n) is 9.49. The van der Waals surface area contributed by atoms with Gasteiger partial charge >= 0.3 is 0 Å². The van der Waals surface area contributed by atoms with E-state index in [1.165, 1.54) is 29.3 Å². The maximum atomic E-state index is 13.5. The van der Waals surface area contributed by atoms with Crippen LogP contribution in [0.1, 0.15) is 17.5 Å². The Morgan fingerprint density at radius 2 is 2.06 bits per heavy atom. The number of halogens is 2. The molecule has 0 aliphatic heterocycles. The first-order chi connectivity index (χ1) is 8.72. The van der Waals surface area contributed by atoms with E-state index in [-0.39, 0.29) is 10.3 Å². The first-order valence-electron chi connectivity index (χ1n) is 5.70. The number of fused-ring (bicyclic) bond motifs is 1. The second-order valence-electron chi connectivity index (χ2n) is 4.18. The maximum absolute atomic E-state index is 13.5. The zero-order chi connectivity index (χ0) is 12.5. The number of hydrogen-bond donors (Lipinski definition) is 0. The van der Waals surface area contributed by atoms with Crippen molar-refractivity contribution in [3.05, 3.63) is 46.6 Å². The molecule has 0 saturated carbocycles. The summed E-state index contributed by atoms with van der Waals surface area (Å²) in [5.41, 5.74) is 2.76. The molecular formula is C13H10ClFN2S. The normalized spacial score (nSPS) is 13.7. The van der Waals surface area contributed by atoms with Gasteiger partial charge in [0.1, 0.15) is 5.03 Å². The Labute approximate surface area is 114 Å². The number of aryl methyl sites for hydroxylation is 2. The molecule has 0 bridgehead atoms. The average molecular weight is 281 g/mol. The zero-order valence-corrected chi connectivity index (χ0v) is 11.1. The number of aromatic nitrogens is 2. The smallest absolute Gasteiger partial charge is 0.223 e. The molecular weight excluding hydrogens is 271 g/mol. The van der Waals surface area contributed by atoms with Crippen LogP contribution in [-0.4, -0.2) is 9.97 Å². The highest BCUT2D eigenvalue weighted by atomic mass is 35.5. The van der Waals surface area contributed by atoms with Crippen LogP contribution in [0.25, 0.3) is 0 Å².